The SMILES string of the molecule is COc1cc2c(cc1OC)C(C(=O)Nc1nc3c(C(=O)Nc4ncc[nH]4)cccc3[nH]1)N(C(=O)OC(C)(C)C)CC2. The third-order valence-corrected chi connectivity index (χ3v) is 6.48. The zero-order valence-corrected chi connectivity index (χ0v) is 23.3. The lowest BCUT2D eigenvalue weighted by molar-refractivity contribution is -0.122. The number of methoxy groups -OCH3 is 2. The van der Waals surface area contributed by atoms with Crippen LogP contribution in [0.5, 0.6) is 11.5 Å². The van der Waals surface area contributed by atoms with Gasteiger partial charge in [0, 0.05) is 18.9 Å². The van der Waals surface area contributed by atoms with E-state index in [2.05, 4.69) is 30.6 Å². The first-order chi connectivity index (χ1) is 19.6. The molecule has 2 aromatic carbocycles. The molecule has 0 saturated carbocycles. The summed E-state index contributed by atoms with van der Waals surface area (Å²) in [6.07, 6.45) is 2.97. The normalized spacial score (nSPS) is 14.8. The van der Waals surface area contributed by atoms with E-state index in [0.717, 1.165) is 5.56 Å². The van der Waals surface area contributed by atoms with Gasteiger partial charge >= 0.3 is 6.09 Å². The molecule has 0 radical (unpaired) electrons. The number of rotatable bonds is 6. The van der Waals surface area contributed by atoms with Crippen molar-refractivity contribution in [3.8, 4) is 11.5 Å². The molecule has 4 N–H and O–H groups in total. The minimum Gasteiger partial charge on any atom is -0.493 e. The number of anilines is 2. The lowest BCUT2D eigenvalue weighted by Crippen LogP contribution is -2.47. The maximum absolute atomic E-state index is 13.9. The molecule has 0 bridgehead atoms. The largest absolute Gasteiger partial charge is 0.493 e. The summed E-state index contributed by atoms with van der Waals surface area (Å²) in [5.41, 5.74) is 1.82. The zero-order valence-electron chi connectivity index (χ0n) is 23.3. The molecule has 0 fully saturated rings. The molecule has 41 heavy (non-hydrogen) atoms. The van der Waals surface area contributed by atoms with Crippen molar-refractivity contribution in [2.24, 2.45) is 0 Å². The van der Waals surface area contributed by atoms with E-state index >= 15 is 0 Å². The summed E-state index contributed by atoms with van der Waals surface area (Å²) < 4.78 is 16.6. The summed E-state index contributed by atoms with van der Waals surface area (Å²) in [4.78, 5) is 55.8. The van der Waals surface area contributed by atoms with Crippen LogP contribution in [-0.2, 0) is 16.0 Å². The summed E-state index contributed by atoms with van der Waals surface area (Å²) >= 11 is 0. The Morgan fingerprint density at radius 1 is 1.05 bits per heavy atom. The van der Waals surface area contributed by atoms with Gasteiger partial charge in [0.2, 0.25) is 11.9 Å². The summed E-state index contributed by atoms with van der Waals surface area (Å²) in [7, 11) is 3.04. The second kappa shape index (κ2) is 10.8. The first-order valence-corrected chi connectivity index (χ1v) is 12.9. The molecule has 0 aliphatic carbocycles. The molecule has 0 saturated heterocycles. The Kier molecular flexibility index (Phi) is 7.26. The minimum atomic E-state index is -1.05. The number of carbonyl (C=O) groups excluding carboxylic acids is 3. The highest BCUT2D eigenvalue weighted by Gasteiger charge is 2.39. The average Bonchev–Trinajstić information content (AvgIpc) is 3.59. The van der Waals surface area contributed by atoms with Gasteiger partial charge in [-0.05, 0) is 62.6 Å². The molecule has 4 aromatic rings. The quantitative estimate of drug-likeness (QED) is 0.274. The summed E-state index contributed by atoms with van der Waals surface area (Å²) in [5.74, 6) is 0.402. The van der Waals surface area contributed by atoms with Gasteiger partial charge in [-0.1, -0.05) is 6.07 Å². The van der Waals surface area contributed by atoms with Gasteiger partial charge < -0.3 is 24.2 Å². The lowest BCUT2D eigenvalue weighted by Gasteiger charge is -2.37. The number of hydrogen-bond donors (Lipinski definition) is 4. The fraction of sp³-hybridized carbons (Fsp3) is 0.321. The Balaban J connectivity index is 1.48. The number of aromatic amines is 2. The molecule has 1 aliphatic heterocycles. The Morgan fingerprint density at radius 3 is 2.49 bits per heavy atom. The molecule has 2 aromatic heterocycles. The van der Waals surface area contributed by atoms with Crippen molar-refractivity contribution in [3.63, 3.8) is 0 Å². The second-order valence-corrected chi connectivity index (χ2v) is 10.4. The van der Waals surface area contributed by atoms with E-state index in [-0.39, 0.29) is 18.1 Å². The van der Waals surface area contributed by atoms with Crippen LogP contribution in [-0.4, -0.2) is 69.1 Å². The molecule has 5 rings (SSSR count). The number of ether oxygens (including phenoxy) is 3. The summed E-state index contributed by atoms with van der Waals surface area (Å²) in [6, 6.07) is 7.51. The monoisotopic (exact) mass is 561 g/mol. The molecule has 1 unspecified atom stereocenters. The molecule has 3 amide bonds. The van der Waals surface area contributed by atoms with E-state index in [1.54, 1.807) is 51.2 Å². The molecule has 0 spiro atoms. The molecule has 1 atom stereocenters. The van der Waals surface area contributed by atoms with Gasteiger partial charge in [-0.3, -0.25) is 25.1 Å². The number of H-pyrrole nitrogens is 2. The molecular formula is C28H31N7O6. The maximum Gasteiger partial charge on any atom is 0.411 e. The van der Waals surface area contributed by atoms with E-state index in [9.17, 15) is 14.4 Å². The van der Waals surface area contributed by atoms with Gasteiger partial charge in [0.1, 0.15) is 17.2 Å². The van der Waals surface area contributed by atoms with Crippen molar-refractivity contribution in [1.82, 2.24) is 24.8 Å². The van der Waals surface area contributed by atoms with Crippen molar-refractivity contribution in [3.05, 3.63) is 59.4 Å². The van der Waals surface area contributed by atoms with Crippen LogP contribution in [0.3, 0.4) is 0 Å². The fourth-order valence-electron chi connectivity index (χ4n) is 4.71. The number of hydrogen-bond acceptors (Lipinski definition) is 8. The third-order valence-electron chi connectivity index (χ3n) is 6.48. The van der Waals surface area contributed by atoms with Crippen LogP contribution in [0, 0.1) is 0 Å². The van der Waals surface area contributed by atoms with Crippen molar-refractivity contribution < 1.29 is 28.6 Å². The number of para-hydroxylation sites is 1. The number of amides is 3. The number of benzene rings is 2. The van der Waals surface area contributed by atoms with Crippen LogP contribution in [0.4, 0.5) is 16.7 Å². The standard InChI is InChI=1S/C28H31N7O6/c1-28(2,3)41-27(38)35-12-9-15-13-19(39-4)20(40-5)14-17(15)22(35)24(37)34-26-31-18-8-6-7-16(21(18)32-26)23(36)33-25-29-10-11-30-25/h6-8,10-11,13-14,22H,9,12H2,1-5H3,(H2,29,30,33,36)(H2,31,32,34,37). The van der Waals surface area contributed by atoms with Crippen molar-refractivity contribution >= 4 is 40.8 Å². The first-order valence-electron chi connectivity index (χ1n) is 12.9. The van der Waals surface area contributed by atoms with E-state index in [1.165, 1.54) is 25.3 Å². The highest BCUT2D eigenvalue weighted by Crippen LogP contribution is 2.39. The van der Waals surface area contributed by atoms with Gasteiger partial charge in [0.15, 0.2) is 11.5 Å². The van der Waals surface area contributed by atoms with E-state index in [4.69, 9.17) is 14.2 Å². The second-order valence-electron chi connectivity index (χ2n) is 10.4. The van der Waals surface area contributed by atoms with E-state index in [0.29, 0.717) is 40.5 Å². The van der Waals surface area contributed by atoms with E-state index < -0.39 is 29.6 Å². The number of carbonyl (C=O) groups is 3. The lowest BCUT2D eigenvalue weighted by atomic mass is 9.91. The predicted octanol–water partition coefficient (Wildman–Crippen LogP) is 4.03. The Hall–Kier alpha value is -5.07. The fourth-order valence-corrected chi connectivity index (χ4v) is 4.71. The zero-order chi connectivity index (χ0) is 29.3. The maximum atomic E-state index is 13.9. The van der Waals surface area contributed by atoms with Crippen LogP contribution in [0.2, 0.25) is 0 Å². The Morgan fingerprint density at radius 2 is 1.80 bits per heavy atom. The molecule has 13 heteroatoms. The molecule has 3 heterocycles. The topological polar surface area (TPSA) is 164 Å². The Labute approximate surface area is 235 Å². The van der Waals surface area contributed by atoms with Crippen LogP contribution >= 0.6 is 0 Å². The van der Waals surface area contributed by atoms with Gasteiger partial charge in [-0.2, -0.15) is 0 Å². The first kappa shape index (κ1) is 27.5. The molecule has 13 nitrogen and oxygen atoms in total. The van der Waals surface area contributed by atoms with E-state index in [1.807, 2.05) is 6.07 Å². The van der Waals surface area contributed by atoms with Gasteiger partial charge in [0.25, 0.3) is 11.8 Å². The van der Waals surface area contributed by atoms with Gasteiger partial charge in [-0.25, -0.2) is 14.8 Å². The van der Waals surface area contributed by atoms with Crippen LogP contribution in [0.1, 0.15) is 48.3 Å². The molecule has 214 valence electrons. The number of nitrogens with one attached hydrogen (secondary N) is 4. The number of aromatic nitrogens is 4. The number of fused-ring (bicyclic) bond motifs is 2. The summed E-state index contributed by atoms with van der Waals surface area (Å²) in [6.45, 7) is 5.53. The van der Waals surface area contributed by atoms with Crippen molar-refractivity contribution in [2.75, 3.05) is 31.4 Å². The smallest absolute Gasteiger partial charge is 0.411 e. The highest BCUT2D eigenvalue weighted by molar-refractivity contribution is 6.11. The van der Waals surface area contributed by atoms with Crippen molar-refractivity contribution in [2.45, 2.75) is 38.8 Å². The average molecular weight is 562 g/mol. The molecular weight excluding hydrogens is 530 g/mol. The van der Waals surface area contributed by atoms with Gasteiger partial charge in [-0.15, -0.1) is 0 Å². The third kappa shape index (κ3) is 5.64. The van der Waals surface area contributed by atoms with Crippen LogP contribution < -0.4 is 20.1 Å². The number of imidazole rings is 2. The Bertz CT molecular complexity index is 1610. The number of nitrogens with zero attached hydrogens (tertiary/aromatic N) is 3. The van der Waals surface area contributed by atoms with Gasteiger partial charge in [0.05, 0.1) is 25.3 Å². The van der Waals surface area contributed by atoms with Crippen molar-refractivity contribution in [1.29, 1.82) is 0 Å². The minimum absolute atomic E-state index is 0.111. The predicted molar refractivity (Wildman–Crippen MR) is 150 cm³/mol. The summed E-state index contributed by atoms with van der Waals surface area (Å²) in [5, 5.41) is 5.46. The molecule has 1 aliphatic rings. The highest BCUT2D eigenvalue weighted by atomic mass is 16.6. The van der Waals surface area contributed by atoms with Crippen LogP contribution in [0.15, 0.2) is 42.7 Å². The van der Waals surface area contributed by atoms with Crippen LogP contribution in [0.25, 0.3) is 11.0 Å².